The Morgan fingerprint density at radius 2 is 1.88 bits per heavy atom. The predicted octanol–water partition coefficient (Wildman–Crippen LogP) is 2.94. The Balaban J connectivity index is 1.79. The van der Waals surface area contributed by atoms with Crippen LogP contribution in [0.5, 0.6) is 0 Å². The van der Waals surface area contributed by atoms with E-state index in [2.05, 4.69) is 14.9 Å². The molecule has 0 aliphatic rings. The van der Waals surface area contributed by atoms with Gasteiger partial charge in [0.15, 0.2) is 0 Å². The maximum absolute atomic E-state index is 12.6. The van der Waals surface area contributed by atoms with E-state index in [1.165, 1.54) is 6.20 Å². The number of para-hydroxylation sites is 2. The minimum atomic E-state index is -0.367. The maximum Gasteiger partial charge on any atom is 0.265 e. The highest BCUT2D eigenvalue weighted by atomic mass is 32.1. The Morgan fingerprint density at radius 3 is 2.60 bits per heavy atom. The molecule has 6 nitrogen and oxygen atoms in total. The number of rotatable bonds is 4. The number of nitrogens with zero attached hydrogens (tertiary/aromatic N) is 4. The van der Waals surface area contributed by atoms with Crippen molar-refractivity contribution in [2.45, 2.75) is 6.04 Å². The van der Waals surface area contributed by atoms with Crippen LogP contribution in [0, 0.1) is 0 Å². The van der Waals surface area contributed by atoms with Crippen molar-refractivity contribution < 1.29 is 4.79 Å². The second-order valence-corrected chi connectivity index (χ2v) is 6.40. The van der Waals surface area contributed by atoms with Crippen LogP contribution in [0.3, 0.4) is 0 Å². The number of amides is 1. The van der Waals surface area contributed by atoms with Gasteiger partial charge < -0.3 is 9.88 Å². The third-order valence-electron chi connectivity index (χ3n) is 4.07. The third-order valence-corrected chi connectivity index (χ3v) is 4.74. The Morgan fingerprint density at radius 1 is 1.12 bits per heavy atom. The lowest BCUT2D eigenvalue weighted by molar-refractivity contribution is 0.0945. The standard InChI is InChI=1S/C18H15N5OS/c1-23-14-10-6-5-9-13(14)20-17(23)16(12-7-3-2-4-8-12)21-18(24)15-11-19-22-25-15/h2-11,16H,1H3,(H,21,24). The average Bonchev–Trinajstić information content (AvgIpc) is 3.29. The number of nitrogens with one attached hydrogen (secondary N) is 1. The molecule has 2 aromatic carbocycles. The second kappa shape index (κ2) is 6.45. The zero-order valence-electron chi connectivity index (χ0n) is 13.5. The van der Waals surface area contributed by atoms with Gasteiger partial charge in [0, 0.05) is 7.05 Å². The van der Waals surface area contributed by atoms with E-state index in [1.807, 2.05) is 66.2 Å². The smallest absolute Gasteiger partial charge is 0.265 e. The summed E-state index contributed by atoms with van der Waals surface area (Å²) in [5.41, 5.74) is 2.88. The molecule has 0 saturated heterocycles. The van der Waals surface area contributed by atoms with Crippen molar-refractivity contribution in [2.75, 3.05) is 0 Å². The third kappa shape index (κ3) is 2.89. The number of carbonyl (C=O) groups is 1. The Kier molecular flexibility index (Phi) is 3.99. The maximum atomic E-state index is 12.6. The zero-order chi connectivity index (χ0) is 17.2. The number of aromatic nitrogens is 4. The van der Waals surface area contributed by atoms with Crippen molar-refractivity contribution >= 4 is 28.5 Å². The molecule has 0 fully saturated rings. The number of imidazole rings is 1. The van der Waals surface area contributed by atoms with Crippen LogP contribution in [-0.2, 0) is 7.05 Å². The lowest BCUT2D eigenvalue weighted by atomic mass is 10.1. The summed E-state index contributed by atoms with van der Waals surface area (Å²) in [4.78, 5) is 17.8. The van der Waals surface area contributed by atoms with E-state index in [9.17, 15) is 4.79 Å². The van der Waals surface area contributed by atoms with E-state index < -0.39 is 0 Å². The first-order valence-corrected chi connectivity index (χ1v) is 8.56. The molecular formula is C18H15N5OS. The fourth-order valence-electron chi connectivity index (χ4n) is 2.83. The van der Waals surface area contributed by atoms with E-state index in [-0.39, 0.29) is 11.9 Å². The number of fused-ring (bicyclic) bond motifs is 1. The van der Waals surface area contributed by atoms with Gasteiger partial charge in [0.1, 0.15) is 16.7 Å². The molecule has 4 rings (SSSR count). The molecule has 0 aliphatic heterocycles. The van der Waals surface area contributed by atoms with Crippen molar-refractivity contribution in [3.63, 3.8) is 0 Å². The highest BCUT2D eigenvalue weighted by Gasteiger charge is 2.23. The summed E-state index contributed by atoms with van der Waals surface area (Å²) in [6.45, 7) is 0. The van der Waals surface area contributed by atoms with Gasteiger partial charge in [-0.3, -0.25) is 4.79 Å². The summed E-state index contributed by atoms with van der Waals surface area (Å²) < 4.78 is 5.77. The number of aryl methyl sites for hydroxylation is 1. The first kappa shape index (κ1) is 15.5. The molecule has 0 radical (unpaired) electrons. The van der Waals surface area contributed by atoms with E-state index >= 15 is 0 Å². The van der Waals surface area contributed by atoms with E-state index in [1.54, 1.807) is 0 Å². The molecule has 0 aliphatic carbocycles. The minimum Gasteiger partial charge on any atom is -0.337 e. The fourth-order valence-corrected chi connectivity index (χ4v) is 3.25. The molecule has 25 heavy (non-hydrogen) atoms. The Hall–Kier alpha value is -3.06. The Labute approximate surface area is 148 Å². The van der Waals surface area contributed by atoms with Crippen molar-refractivity contribution in [3.8, 4) is 0 Å². The summed E-state index contributed by atoms with van der Waals surface area (Å²) in [5.74, 6) is 0.564. The lowest BCUT2D eigenvalue weighted by Gasteiger charge is -2.18. The quantitative estimate of drug-likeness (QED) is 0.615. The first-order valence-electron chi connectivity index (χ1n) is 7.78. The molecule has 7 heteroatoms. The summed E-state index contributed by atoms with van der Waals surface area (Å²) in [6.07, 6.45) is 1.47. The number of carbonyl (C=O) groups excluding carboxylic acids is 1. The van der Waals surface area contributed by atoms with Gasteiger partial charge in [0.25, 0.3) is 5.91 Å². The monoisotopic (exact) mass is 349 g/mol. The average molecular weight is 349 g/mol. The van der Waals surface area contributed by atoms with Crippen LogP contribution in [0.1, 0.15) is 27.1 Å². The van der Waals surface area contributed by atoms with Crippen LogP contribution >= 0.6 is 11.5 Å². The normalized spacial score (nSPS) is 12.2. The van der Waals surface area contributed by atoms with Gasteiger partial charge in [-0.2, -0.15) is 0 Å². The molecule has 1 unspecified atom stereocenters. The van der Waals surface area contributed by atoms with Crippen LogP contribution in [0.25, 0.3) is 11.0 Å². The fraction of sp³-hybridized carbons (Fsp3) is 0.111. The summed E-state index contributed by atoms with van der Waals surface area (Å²) >= 11 is 1.07. The number of hydrogen-bond acceptors (Lipinski definition) is 5. The van der Waals surface area contributed by atoms with E-state index in [0.717, 1.165) is 34.0 Å². The van der Waals surface area contributed by atoms with Crippen molar-refractivity contribution in [3.05, 3.63) is 77.1 Å². The molecular weight excluding hydrogens is 334 g/mol. The predicted molar refractivity (Wildman–Crippen MR) is 96.4 cm³/mol. The van der Waals surface area contributed by atoms with Gasteiger partial charge in [-0.15, -0.1) is 5.10 Å². The molecule has 1 N–H and O–H groups in total. The molecule has 0 bridgehead atoms. The molecule has 0 saturated carbocycles. The Bertz CT molecular complexity index is 1010. The van der Waals surface area contributed by atoms with Crippen molar-refractivity contribution in [1.82, 2.24) is 24.5 Å². The molecule has 2 heterocycles. The molecule has 1 atom stereocenters. The molecule has 0 spiro atoms. The molecule has 4 aromatic rings. The van der Waals surface area contributed by atoms with Gasteiger partial charge in [-0.25, -0.2) is 4.98 Å². The molecule has 1 amide bonds. The summed E-state index contributed by atoms with van der Waals surface area (Å²) in [7, 11) is 1.96. The molecule has 124 valence electrons. The largest absolute Gasteiger partial charge is 0.337 e. The van der Waals surface area contributed by atoms with E-state index in [4.69, 9.17) is 4.98 Å². The zero-order valence-corrected chi connectivity index (χ0v) is 14.3. The van der Waals surface area contributed by atoms with Crippen LogP contribution < -0.4 is 5.32 Å². The minimum absolute atomic E-state index is 0.212. The topological polar surface area (TPSA) is 72.7 Å². The van der Waals surface area contributed by atoms with Crippen LogP contribution in [0.2, 0.25) is 0 Å². The SMILES string of the molecule is Cn1c(C(NC(=O)c2cnns2)c2ccccc2)nc2ccccc21. The second-order valence-electron chi connectivity index (χ2n) is 5.62. The van der Waals surface area contributed by atoms with Crippen molar-refractivity contribution in [1.29, 1.82) is 0 Å². The van der Waals surface area contributed by atoms with Gasteiger partial charge in [0.2, 0.25) is 0 Å². The number of hydrogen-bond donors (Lipinski definition) is 1. The van der Waals surface area contributed by atoms with Crippen LogP contribution in [0.15, 0.2) is 60.8 Å². The van der Waals surface area contributed by atoms with E-state index in [0.29, 0.717) is 4.88 Å². The lowest BCUT2D eigenvalue weighted by Crippen LogP contribution is -2.30. The molecule has 2 aromatic heterocycles. The first-order chi connectivity index (χ1) is 12.2. The van der Waals surface area contributed by atoms with Gasteiger partial charge in [-0.05, 0) is 29.2 Å². The summed E-state index contributed by atoms with van der Waals surface area (Å²) in [6, 6.07) is 17.4. The summed E-state index contributed by atoms with van der Waals surface area (Å²) in [5, 5.41) is 6.80. The van der Waals surface area contributed by atoms with Gasteiger partial charge in [-0.1, -0.05) is 47.0 Å². The van der Waals surface area contributed by atoms with Gasteiger partial charge >= 0.3 is 0 Å². The van der Waals surface area contributed by atoms with Crippen LogP contribution in [-0.4, -0.2) is 25.0 Å². The highest BCUT2D eigenvalue weighted by molar-refractivity contribution is 7.07. The number of benzene rings is 2. The van der Waals surface area contributed by atoms with Crippen molar-refractivity contribution in [2.24, 2.45) is 7.05 Å². The van der Waals surface area contributed by atoms with Gasteiger partial charge in [0.05, 0.1) is 17.2 Å². The van der Waals surface area contributed by atoms with Crippen LogP contribution in [0.4, 0.5) is 0 Å². The highest BCUT2D eigenvalue weighted by Crippen LogP contribution is 2.25.